The number of halogens is 3. The summed E-state index contributed by atoms with van der Waals surface area (Å²) in [7, 11) is 0. The summed E-state index contributed by atoms with van der Waals surface area (Å²) in [5, 5.41) is 20.0. The van der Waals surface area contributed by atoms with Crippen LogP contribution in [0, 0.1) is 5.92 Å². The molecule has 3 heterocycles. The Morgan fingerprint density at radius 3 is 2.45 bits per heavy atom. The Balaban J connectivity index is 1.30. The van der Waals surface area contributed by atoms with Crippen LogP contribution in [0.1, 0.15) is 30.7 Å². The fourth-order valence-electron chi connectivity index (χ4n) is 4.16. The molecule has 1 saturated carbocycles. The maximum Gasteiger partial charge on any atom is 0.252 e. The molecule has 152 valence electrons. The highest BCUT2D eigenvalue weighted by Gasteiger charge is 2.56. The molecule has 8 heteroatoms. The van der Waals surface area contributed by atoms with Crippen molar-refractivity contribution in [1.29, 1.82) is 0 Å². The molecule has 1 aliphatic heterocycles. The Morgan fingerprint density at radius 1 is 1.10 bits per heavy atom. The Labute approximate surface area is 171 Å². The molecule has 2 aromatic heterocycles. The molecule has 2 aliphatic rings. The Hall–Kier alpha value is -2.25. The average Bonchev–Trinajstić information content (AvgIpc) is 3.12. The maximum absolute atomic E-state index is 13.2. The molecule has 0 unspecified atom stereocenters. The molecule has 0 amide bonds. The summed E-state index contributed by atoms with van der Waals surface area (Å²) in [4.78, 5) is 2.20. The molecule has 2 fully saturated rings. The number of hydrogen-bond acceptors (Lipinski definition) is 4. The minimum atomic E-state index is -2.56. The summed E-state index contributed by atoms with van der Waals surface area (Å²) >= 11 is 5.95. The minimum absolute atomic E-state index is 0.0652. The van der Waals surface area contributed by atoms with Crippen LogP contribution >= 0.6 is 11.6 Å². The predicted octanol–water partition coefficient (Wildman–Crippen LogP) is 4.07. The zero-order valence-corrected chi connectivity index (χ0v) is 16.5. The highest BCUT2D eigenvalue weighted by atomic mass is 35.5. The Kier molecular flexibility index (Phi) is 4.29. The van der Waals surface area contributed by atoms with Crippen molar-refractivity contribution in [2.24, 2.45) is 5.92 Å². The van der Waals surface area contributed by atoms with Gasteiger partial charge in [-0.3, -0.25) is 4.40 Å². The lowest BCUT2D eigenvalue weighted by Gasteiger charge is -2.39. The maximum atomic E-state index is 13.2. The number of alkyl halides is 2. The molecule has 0 radical (unpaired) electrons. The Bertz CT molecular complexity index is 1040. The van der Waals surface area contributed by atoms with E-state index in [9.17, 15) is 13.9 Å². The van der Waals surface area contributed by atoms with Gasteiger partial charge in [0.25, 0.3) is 5.92 Å². The summed E-state index contributed by atoms with van der Waals surface area (Å²) in [5.74, 6) is -2.60. The molecule has 1 N–H and O–H groups in total. The van der Waals surface area contributed by atoms with Crippen molar-refractivity contribution in [2.75, 3.05) is 18.0 Å². The number of benzene rings is 1. The third-order valence-electron chi connectivity index (χ3n) is 6.19. The summed E-state index contributed by atoms with van der Waals surface area (Å²) in [5.41, 5.74) is 1.67. The van der Waals surface area contributed by atoms with Gasteiger partial charge in [0.05, 0.1) is 5.60 Å². The van der Waals surface area contributed by atoms with E-state index in [0.717, 1.165) is 11.3 Å². The lowest BCUT2D eigenvalue weighted by molar-refractivity contribution is 0.0118. The fourth-order valence-corrected chi connectivity index (χ4v) is 4.29. The zero-order chi connectivity index (χ0) is 20.2. The second-order valence-corrected chi connectivity index (χ2v) is 8.56. The van der Waals surface area contributed by atoms with E-state index in [4.69, 9.17) is 11.6 Å². The van der Waals surface area contributed by atoms with Gasteiger partial charge in [-0.05, 0) is 36.6 Å². The van der Waals surface area contributed by atoms with Crippen molar-refractivity contribution < 1.29 is 13.9 Å². The van der Waals surface area contributed by atoms with E-state index in [0.29, 0.717) is 42.4 Å². The highest BCUT2D eigenvalue weighted by Crippen LogP contribution is 2.50. The van der Waals surface area contributed by atoms with Gasteiger partial charge in [-0.25, -0.2) is 8.78 Å². The smallest absolute Gasteiger partial charge is 0.252 e. The van der Waals surface area contributed by atoms with E-state index in [1.54, 1.807) is 16.5 Å². The van der Waals surface area contributed by atoms with Crippen molar-refractivity contribution in [3.8, 4) is 0 Å². The fraction of sp³-hybridized carbons (Fsp3) is 0.429. The molecule has 1 atom stereocenters. The van der Waals surface area contributed by atoms with Crippen LogP contribution < -0.4 is 4.90 Å². The van der Waals surface area contributed by atoms with Crippen molar-refractivity contribution in [1.82, 2.24) is 14.6 Å². The molecule has 3 aromatic rings. The van der Waals surface area contributed by atoms with Gasteiger partial charge in [-0.2, -0.15) is 0 Å². The van der Waals surface area contributed by atoms with Gasteiger partial charge < -0.3 is 10.0 Å². The number of anilines is 1. The van der Waals surface area contributed by atoms with E-state index in [1.165, 1.54) is 0 Å². The first-order chi connectivity index (χ1) is 13.8. The topological polar surface area (TPSA) is 53.7 Å². The zero-order valence-electron chi connectivity index (χ0n) is 15.7. The van der Waals surface area contributed by atoms with Gasteiger partial charge in [-0.15, -0.1) is 10.2 Å². The molecular formula is C21H21ClF2N4O. The van der Waals surface area contributed by atoms with Crippen molar-refractivity contribution in [3.63, 3.8) is 0 Å². The van der Waals surface area contributed by atoms with Gasteiger partial charge in [0, 0.05) is 54.8 Å². The highest BCUT2D eigenvalue weighted by molar-refractivity contribution is 6.30. The van der Waals surface area contributed by atoms with Crippen molar-refractivity contribution in [2.45, 2.75) is 37.2 Å². The van der Waals surface area contributed by atoms with Crippen molar-refractivity contribution in [3.05, 3.63) is 59.0 Å². The van der Waals surface area contributed by atoms with E-state index < -0.39 is 17.4 Å². The molecule has 5 nitrogen and oxygen atoms in total. The summed E-state index contributed by atoms with van der Waals surface area (Å²) in [6, 6.07) is 11.2. The quantitative estimate of drug-likeness (QED) is 0.694. The van der Waals surface area contributed by atoms with Gasteiger partial charge in [0.1, 0.15) is 5.82 Å². The van der Waals surface area contributed by atoms with Gasteiger partial charge >= 0.3 is 0 Å². The summed E-state index contributed by atoms with van der Waals surface area (Å²) in [6.07, 6.45) is 3.24. The third kappa shape index (κ3) is 3.46. The van der Waals surface area contributed by atoms with Gasteiger partial charge in [0.15, 0.2) is 5.65 Å². The number of pyridine rings is 1. The molecule has 1 aromatic carbocycles. The third-order valence-corrected chi connectivity index (χ3v) is 6.44. The van der Waals surface area contributed by atoms with E-state index in [1.807, 2.05) is 30.5 Å². The van der Waals surface area contributed by atoms with Crippen LogP contribution in [0.5, 0.6) is 0 Å². The number of hydrogen-bond donors (Lipinski definition) is 1. The first kappa shape index (κ1) is 18.8. The van der Waals surface area contributed by atoms with Crippen molar-refractivity contribution >= 4 is 22.9 Å². The lowest BCUT2D eigenvalue weighted by atomic mass is 9.84. The second kappa shape index (κ2) is 6.64. The molecule has 0 spiro atoms. The second-order valence-electron chi connectivity index (χ2n) is 8.12. The van der Waals surface area contributed by atoms with E-state index in [2.05, 4.69) is 15.1 Å². The summed E-state index contributed by atoms with van der Waals surface area (Å²) in [6.45, 7) is 1.40. The van der Waals surface area contributed by atoms with Crippen LogP contribution in [0.15, 0.2) is 42.6 Å². The predicted molar refractivity (Wildman–Crippen MR) is 107 cm³/mol. The average molecular weight is 419 g/mol. The number of aliphatic hydroxyl groups is 1. The van der Waals surface area contributed by atoms with E-state index in [-0.39, 0.29) is 12.8 Å². The molecule has 1 saturated heterocycles. The van der Waals surface area contributed by atoms with Gasteiger partial charge in [0.2, 0.25) is 0 Å². The molecule has 5 rings (SSSR count). The van der Waals surface area contributed by atoms with Crippen LogP contribution in [0.4, 0.5) is 14.5 Å². The number of fused-ring (bicyclic) bond motifs is 1. The van der Waals surface area contributed by atoms with Crippen LogP contribution in [0.3, 0.4) is 0 Å². The minimum Gasteiger partial charge on any atom is -0.385 e. The lowest BCUT2D eigenvalue weighted by Crippen LogP contribution is -2.42. The number of aromatic nitrogens is 3. The number of nitrogens with zero attached hydrogens (tertiary/aromatic N) is 4. The standard InChI is InChI=1S/C21H21ClF2N4O/c22-16-3-1-14(2-4-16)20(29)6-9-27(10-7-20)17-5-8-28-18(25-26-19(28)12-17)11-15-13-21(15,23)24/h1-5,8,12,15,29H,6-7,9-11,13H2/t15-/m1/s1. The summed E-state index contributed by atoms with van der Waals surface area (Å²) < 4.78 is 28.2. The first-order valence-corrected chi connectivity index (χ1v) is 10.2. The monoisotopic (exact) mass is 418 g/mol. The molecule has 29 heavy (non-hydrogen) atoms. The largest absolute Gasteiger partial charge is 0.385 e. The Morgan fingerprint density at radius 2 is 1.79 bits per heavy atom. The van der Waals surface area contributed by atoms with Gasteiger partial charge in [-0.1, -0.05) is 23.7 Å². The van der Waals surface area contributed by atoms with Crippen LogP contribution in [-0.2, 0) is 12.0 Å². The SMILES string of the molecule is OC1(c2ccc(Cl)cc2)CCN(c2ccn3c(C[C@@H]4CC4(F)F)nnc3c2)CC1. The van der Waals surface area contributed by atoms with Crippen LogP contribution in [0.2, 0.25) is 5.02 Å². The normalized spacial score (nSPS) is 22.8. The van der Waals surface area contributed by atoms with E-state index >= 15 is 0 Å². The molecule has 0 bridgehead atoms. The molecule has 1 aliphatic carbocycles. The molecular weight excluding hydrogens is 398 g/mol. The number of rotatable bonds is 4. The first-order valence-electron chi connectivity index (χ1n) is 9.79. The van der Waals surface area contributed by atoms with Crippen LogP contribution in [-0.4, -0.2) is 38.7 Å². The van der Waals surface area contributed by atoms with Crippen LogP contribution in [0.25, 0.3) is 5.65 Å². The number of piperidine rings is 1.